The zero-order valence-electron chi connectivity index (χ0n) is 19.5. The fraction of sp³-hybridized carbons (Fsp3) is 0.0385. The molecule has 0 aliphatic heterocycles. The van der Waals surface area contributed by atoms with Crippen LogP contribution in [0, 0.1) is 6.92 Å². The summed E-state index contributed by atoms with van der Waals surface area (Å²) in [5, 5.41) is 5.18. The van der Waals surface area contributed by atoms with Gasteiger partial charge < -0.3 is 19.0 Å². The predicted octanol–water partition coefficient (Wildman–Crippen LogP) is 5.17. The van der Waals surface area contributed by atoms with Gasteiger partial charge in [0.25, 0.3) is 0 Å². The van der Waals surface area contributed by atoms with Crippen LogP contribution in [0.2, 0.25) is 0 Å². The summed E-state index contributed by atoms with van der Waals surface area (Å²) in [6.45, 7) is 1.84. The van der Waals surface area contributed by atoms with Crippen molar-refractivity contribution in [2.75, 3.05) is 10.6 Å². The fourth-order valence-electron chi connectivity index (χ4n) is 3.15. The number of rotatable bonds is 8. The molecule has 0 heterocycles. The fourth-order valence-corrected chi connectivity index (χ4v) is 5.03. The summed E-state index contributed by atoms with van der Waals surface area (Å²) in [5.41, 5.74) is 1.58. The van der Waals surface area contributed by atoms with Crippen LogP contribution >= 0.6 is 0 Å². The molecule has 0 atom stereocenters. The van der Waals surface area contributed by atoms with Crippen LogP contribution in [-0.4, -0.2) is 22.9 Å². The first-order valence-electron chi connectivity index (χ1n) is 10.9. The maximum absolute atomic E-state index is 12.5. The van der Waals surface area contributed by atoms with Crippen LogP contribution in [-0.2, 0) is 20.2 Å². The maximum Gasteiger partial charge on any atom is 0.339 e. The number of aryl methyl sites for hydroxylation is 1. The molecular formula is C26H22N2O7S2. The molecular weight excluding hydrogens is 516 g/mol. The van der Waals surface area contributed by atoms with Gasteiger partial charge in [-0.15, -0.1) is 0 Å². The van der Waals surface area contributed by atoms with E-state index in [0.29, 0.717) is 11.4 Å². The first kappa shape index (κ1) is 25.7. The van der Waals surface area contributed by atoms with Crippen molar-refractivity contribution in [2.24, 2.45) is 0 Å². The summed E-state index contributed by atoms with van der Waals surface area (Å²) < 4.78 is 60.0. The standard InChI is InChI=1S/C26H22N2O7S2/c1-19-10-16-25(17-11-19)37(32,33)35-23-7-5-6-21(18-23)28-26(29)27-20-12-14-22(15-13-20)34-36(30,31)24-8-3-2-4-9-24/h2-18H,1H3,(H2,27,28,29). The van der Waals surface area contributed by atoms with E-state index in [1.807, 2.05) is 6.92 Å². The number of amides is 2. The van der Waals surface area contributed by atoms with Gasteiger partial charge in [0.15, 0.2) is 0 Å². The lowest BCUT2D eigenvalue weighted by Crippen LogP contribution is -2.19. The van der Waals surface area contributed by atoms with E-state index >= 15 is 0 Å². The molecule has 0 fully saturated rings. The molecule has 0 radical (unpaired) electrons. The second-order valence-corrected chi connectivity index (χ2v) is 10.9. The first-order valence-corrected chi connectivity index (χ1v) is 13.7. The number of carbonyl (C=O) groups is 1. The highest BCUT2D eigenvalue weighted by molar-refractivity contribution is 7.87. The average Bonchev–Trinajstić information content (AvgIpc) is 2.86. The van der Waals surface area contributed by atoms with Gasteiger partial charge in [-0.1, -0.05) is 42.0 Å². The summed E-state index contributed by atoms with van der Waals surface area (Å²) in [6.07, 6.45) is 0. The van der Waals surface area contributed by atoms with Crippen molar-refractivity contribution < 1.29 is 30.0 Å². The molecule has 0 aromatic heterocycles. The largest absolute Gasteiger partial charge is 0.379 e. The van der Waals surface area contributed by atoms with Gasteiger partial charge in [0.2, 0.25) is 0 Å². The van der Waals surface area contributed by atoms with Crippen LogP contribution in [0.25, 0.3) is 0 Å². The molecule has 4 aromatic rings. The van der Waals surface area contributed by atoms with Crippen LogP contribution in [0.1, 0.15) is 5.56 Å². The van der Waals surface area contributed by atoms with E-state index in [4.69, 9.17) is 8.37 Å². The van der Waals surface area contributed by atoms with E-state index in [0.717, 1.165) is 5.56 Å². The number of nitrogens with one attached hydrogen (secondary N) is 2. The summed E-state index contributed by atoms with van der Waals surface area (Å²) >= 11 is 0. The topological polar surface area (TPSA) is 128 Å². The minimum Gasteiger partial charge on any atom is -0.379 e. The molecule has 0 saturated carbocycles. The number of carbonyl (C=O) groups excluding carboxylic acids is 1. The van der Waals surface area contributed by atoms with Crippen LogP contribution in [0.3, 0.4) is 0 Å². The van der Waals surface area contributed by atoms with Crippen LogP contribution < -0.4 is 19.0 Å². The molecule has 0 aliphatic rings. The van der Waals surface area contributed by atoms with Gasteiger partial charge in [0.1, 0.15) is 21.3 Å². The van der Waals surface area contributed by atoms with Gasteiger partial charge in [-0.2, -0.15) is 16.8 Å². The molecule has 0 unspecified atom stereocenters. The molecule has 0 spiro atoms. The first-order chi connectivity index (χ1) is 17.6. The van der Waals surface area contributed by atoms with Gasteiger partial charge in [-0.25, -0.2) is 4.79 Å². The van der Waals surface area contributed by atoms with Crippen LogP contribution in [0.4, 0.5) is 16.2 Å². The second kappa shape index (κ2) is 10.7. The van der Waals surface area contributed by atoms with Crippen molar-refractivity contribution in [2.45, 2.75) is 16.7 Å². The summed E-state index contributed by atoms with van der Waals surface area (Å²) in [6, 6.07) is 25.0. The number of benzene rings is 4. The maximum atomic E-state index is 12.5. The molecule has 11 heteroatoms. The quantitative estimate of drug-likeness (QED) is 0.296. The Bertz CT molecular complexity index is 1600. The lowest BCUT2D eigenvalue weighted by molar-refractivity contribution is 0.262. The summed E-state index contributed by atoms with van der Waals surface area (Å²) in [5.74, 6) is 0.106. The molecule has 190 valence electrons. The van der Waals surface area contributed by atoms with E-state index in [1.54, 1.807) is 36.4 Å². The third-order valence-electron chi connectivity index (χ3n) is 4.96. The highest BCUT2D eigenvalue weighted by Crippen LogP contribution is 2.24. The van der Waals surface area contributed by atoms with Crippen molar-refractivity contribution in [3.8, 4) is 11.5 Å². The van der Waals surface area contributed by atoms with Crippen molar-refractivity contribution >= 4 is 37.6 Å². The molecule has 0 bridgehead atoms. The Hall–Kier alpha value is -4.35. The van der Waals surface area contributed by atoms with E-state index in [2.05, 4.69) is 10.6 Å². The Morgan fingerprint density at radius 3 is 1.81 bits per heavy atom. The lowest BCUT2D eigenvalue weighted by atomic mass is 10.2. The van der Waals surface area contributed by atoms with Crippen LogP contribution in [0.5, 0.6) is 11.5 Å². The predicted molar refractivity (Wildman–Crippen MR) is 139 cm³/mol. The van der Waals surface area contributed by atoms with E-state index in [9.17, 15) is 21.6 Å². The van der Waals surface area contributed by atoms with Crippen molar-refractivity contribution in [1.29, 1.82) is 0 Å². The summed E-state index contributed by atoms with van der Waals surface area (Å²) in [7, 11) is -8.02. The third-order valence-corrected chi connectivity index (χ3v) is 7.48. The lowest BCUT2D eigenvalue weighted by Gasteiger charge is -2.11. The smallest absolute Gasteiger partial charge is 0.339 e. The Labute approximate surface area is 214 Å². The van der Waals surface area contributed by atoms with Gasteiger partial charge in [-0.05, 0) is 67.6 Å². The Morgan fingerprint density at radius 1 is 0.595 bits per heavy atom. The van der Waals surface area contributed by atoms with Crippen molar-refractivity contribution in [3.05, 3.63) is 109 Å². The van der Waals surface area contributed by atoms with Crippen molar-refractivity contribution in [3.63, 3.8) is 0 Å². The molecule has 9 nitrogen and oxygen atoms in total. The normalized spacial score (nSPS) is 11.4. The van der Waals surface area contributed by atoms with Gasteiger partial charge in [0.05, 0.1) is 0 Å². The monoisotopic (exact) mass is 538 g/mol. The minimum absolute atomic E-state index is 0.0122. The molecule has 4 aromatic carbocycles. The summed E-state index contributed by atoms with van der Waals surface area (Å²) in [4.78, 5) is 12.5. The Morgan fingerprint density at radius 2 is 1.16 bits per heavy atom. The molecule has 0 saturated heterocycles. The number of hydrogen-bond acceptors (Lipinski definition) is 7. The van der Waals surface area contributed by atoms with Crippen molar-refractivity contribution in [1.82, 2.24) is 0 Å². The number of urea groups is 1. The van der Waals surface area contributed by atoms with Gasteiger partial charge in [0, 0.05) is 17.4 Å². The SMILES string of the molecule is Cc1ccc(S(=O)(=O)Oc2cccc(NC(=O)Nc3ccc(OS(=O)(=O)c4ccccc4)cc3)c2)cc1. The molecule has 4 rings (SSSR count). The third kappa shape index (κ3) is 6.87. The minimum atomic E-state index is -4.04. The van der Waals surface area contributed by atoms with E-state index in [-0.39, 0.29) is 21.3 Å². The molecule has 37 heavy (non-hydrogen) atoms. The number of anilines is 2. The second-order valence-electron chi connectivity index (χ2n) is 7.83. The van der Waals surface area contributed by atoms with Gasteiger partial charge >= 0.3 is 26.3 Å². The van der Waals surface area contributed by atoms with Gasteiger partial charge in [-0.3, -0.25) is 0 Å². The highest BCUT2D eigenvalue weighted by Gasteiger charge is 2.17. The molecule has 2 amide bonds. The Balaban J connectivity index is 1.37. The Kier molecular flexibility index (Phi) is 7.46. The zero-order valence-corrected chi connectivity index (χ0v) is 21.1. The van der Waals surface area contributed by atoms with E-state index in [1.165, 1.54) is 66.7 Å². The van der Waals surface area contributed by atoms with E-state index < -0.39 is 26.3 Å². The molecule has 2 N–H and O–H groups in total. The average molecular weight is 539 g/mol. The molecule has 0 aliphatic carbocycles. The number of hydrogen-bond donors (Lipinski definition) is 2. The zero-order chi connectivity index (χ0) is 26.5. The highest BCUT2D eigenvalue weighted by atomic mass is 32.2. The van der Waals surface area contributed by atoms with Crippen LogP contribution in [0.15, 0.2) is 113 Å².